The highest BCUT2D eigenvalue weighted by atomic mass is 35.5. The van der Waals surface area contributed by atoms with Crippen molar-refractivity contribution in [3.05, 3.63) is 94.8 Å². The number of esters is 1. The Balaban J connectivity index is 1.46. The standard InChI is InChI=1S/C22H16ClFN2O4/c23-17-6-10-19(11-7-17)29-14-21(27)26-25-13-15-4-8-20(9-5-15)30-22(28)16-2-1-3-18(24)12-16/h1-13H,14H2,(H,26,27). The van der Waals surface area contributed by atoms with Gasteiger partial charge in [0.1, 0.15) is 17.3 Å². The van der Waals surface area contributed by atoms with Crippen molar-refractivity contribution in [2.45, 2.75) is 0 Å². The predicted molar refractivity (Wildman–Crippen MR) is 110 cm³/mol. The Morgan fingerprint density at radius 3 is 2.40 bits per heavy atom. The lowest BCUT2D eigenvalue weighted by Crippen LogP contribution is -2.24. The Kier molecular flexibility index (Phi) is 7.13. The number of benzene rings is 3. The van der Waals surface area contributed by atoms with Gasteiger partial charge < -0.3 is 9.47 Å². The second-order valence-electron chi connectivity index (χ2n) is 6.00. The molecule has 3 aromatic carbocycles. The highest BCUT2D eigenvalue weighted by Gasteiger charge is 2.09. The molecule has 0 aliphatic rings. The summed E-state index contributed by atoms with van der Waals surface area (Å²) in [6.07, 6.45) is 1.43. The second-order valence-corrected chi connectivity index (χ2v) is 6.44. The fourth-order valence-electron chi connectivity index (χ4n) is 2.29. The average Bonchev–Trinajstić information content (AvgIpc) is 2.74. The summed E-state index contributed by atoms with van der Waals surface area (Å²) in [5.41, 5.74) is 3.13. The minimum Gasteiger partial charge on any atom is -0.484 e. The van der Waals surface area contributed by atoms with Gasteiger partial charge in [0, 0.05) is 5.02 Å². The molecule has 3 aromatic rings. The highest BCUT2D eigenvalue weighted by molar-refractivity contribution is 6.30. The van der Waals surface area contributed by atoms with Gasteiger partial charge in [0.15, 0.2) is 6.61 Å². The van der Waals surface area contributed by atoms with E-state index in [-0.39, 0.29) is 12.2 Å². The molecule has 6 nitrogen and oxygen atoms in total. The van der Waals surface area contributed by atoms with Gasteiger partial charge in [0.05, 0.1) is 11.8 Å². The molecule has 0 spiro atoms. The van der Waals surface area contributed by atoms with Crippen LogP contribution in [0.1, 0.15) is 15.9 Å². The molecule has 8 heteroatoms. The molecule has 0 aliphatic carbocycles. The van der Waals surface area contributed by atoms with Gasteiger partial charge in [-0.15, -0.1) is 0 Å². The average molecular weight is 427 g/mol. The maximum Gasteiger partial charge on any atom is 0.343 e. The fourth-order valence-corrected chi connectivity index (χ4v) is 2.42. The Bertz CT molecular complexity index is 1050. The van der Waals surface area contributed by atoms with Crippen LogP contribution >= 0.6 is 11.6 Å². The number of hydrogen-bond donors (Lipinski definition) is 1. The second kappa shape index (κ2) is 10.2. The van der Waals surface area contributed by atoms with E-state index in [1.165, 1.54) is 24.4 Å². The summed E-state index contributed by atoms with van der Waals surface area (Å²) in [6, 6.07) is 18.3. The number of hydrazone groups is 1. The van der Waals surface area contributed by atoms with E-state index in [1.54, 1.807) is 48.5 Å². The lowest BCUT2D eigenvalue weighted by molar-refractivity contribution is -0.123. The minimum atomic E-state index is -0.663. The van der Waals surface area contributed by atoms with Crippen molar-refractivity contribution < 1.29 is 23.5 Å². The van der Waals surface area contributed by atoms with Crippen molar-refractivity contribution in [2.24, 2.45) is 5.10 Å². The maximum atomic E-state index is 13.2. The van der Waals surface area contributed by atoms with Crippen molar-refractivity contribution in [2.75, 3.05) is 6.61 Å². The molecule has 1 N–H and O–H groups in total. The minimum absolute atomic E-state index is 0.115. The van der Waals surface area contributed by atoms with Crippen molar-refractivity contribution >= 4 is 29.7 Å². The zero-order chi connectivity index (χ0) is 21.3. The van der Waals surface area contributed by atoms with Crippen LogP contribution in [0.15, 0.2) is 77.9 Å². The number of rotatable bonds is 7. The summed E-state index contributed by atoms with van der Waals surface area (Å²) in [6.45, 7) is -0.200. The molecule has 0 bridgehead atoms. The lowest BCUT2D eigenvalue weighted by Gasteiger charge is -2.05. The molecule has 0 atom stereocenters. The molecule has 3 rings (SSSR count). The van der Waals surface area contributed by atoms with Crippen LogP contribution in [0.25, 0.3) is 0 Å². The van der Waals surface area contributed by atoms with E-state index in [2.05, 4.69) is 10.5 Å². The number of nitrogens with one attached hydrogen (secondary N) is 1. The van der Waals surface area contributed by atoms with Gasteiger partial charge in [0.2, 0.25) is 0 Å². The Hall–Kier alpha value is -3.71. The number of carbonyl (C=O) groups excluding carboxylic acids is 2. The topological polar surface area (TPSA) is 77.0 Å². The zero-order valence-electron chi connectivity index (χ0n) is 15.5. The van der Waals surface area contributed by atoms with E-state index in [1.807, 2.05) is 0 Å². The van der Waals surface area contributed by atoms with Crippen LogP contribution in [-0.4, -0.2) is 24.7 Å². The summed E-state index contributed by atoms with van der Waals surface area (Å²) in [7, 11) is 0. The zero-order valence-corrected chi connectivity index (χ0v) is 16.3. The van der Waals surface area contributed by atoms with Gasteiger partial charge in [-0.2, -0.15) is 5.10 Å². The van der Waals surface area contributed by atoms with Gasteiger partial charge in [-0.25, -0.2) is 14.6 Å². The Morgan fingerprint density at radius 2 is 1.70 bits per heavy atom. The monoisotopic (exact) mass is 426 g/mol. The van der Waals surface area contributed by atoms with Gasteiger partial charge in [-0.3, -0.25) is 4.79 Å². The molecule has 0 aliphatic heterocycles. The van der Waals surface area contributed by atoms with Crippen LogP contribution in [0.2, 0.25) is 5.02 Å². The van der Waals surface area contributed by atoms with Crippen molar-refractivity contribution in [3.8, 4) is 11.5 Å². The largest absolute Gasteiger partial charge is 0.484 e. The summed E-state index contributed by atoms with van der Waals surface area (Å²) in [5, 5.41) is 4.42. The third kappa shape index (κ3) is 6.42. The molecule has 0 unspecified atom stereocenters. The normalized spacial score (nSPS) is 10.6. The van der Waals surface area contributed by atoms with E-state index < -0.39 is 17.7 Å². The van der Waals surface area contributed by atoms with Crippen LogP contribution in [0.5, 0.6) is 11.5 Å². The molecule has 152 valence electrons. The van der Waals surface area contributed by atoms with E-state index in [4.69, 9.17) is 21.1 Å². The first kappa shape index (κ1) is 21.0. The number of hydrogen-bond acceptors (Lipinski definition) is 5. The fraction of sp³-hybridized carbons (Fsp3) is 0.0455. The van der Waals surface area contributed by atoms with Crippen molar-refractivity contribution in [3.63, 3.8) is 0 Å². The van der Waals surface area contributed by atoms with Gasteiger partial charge in [-0.05, 0) is 72.3 Å². The molecular weight excluding hydrogens is 411 g/mol. The molecule has 0 aromatic heterocycles. The number of nitrogens with zero attached hydrogens (tertiary/aromatic N) is 1. The van der Waals surface area contributed by atoms with E-state index in [0.29, 0.717) is 22.1 Å². The van der Waals surface area contributed by atoms with Crippen LogP contribution in [-0.2, 0) is 4.79 Å². The quantitative estimate of drug-likeness (QED) is 0.265. The summed E-state index contributed by atoms with van der Waals surface area (Å²) < 4.78 is 23.7. The van der Waals surface area contributed by atoms with E-state index in [0.717, 1.165) is 6.07 Å². The van der Waals surface area contributed by atoms with Gasteiger partial charge in [-0.1, -0.05) is 17.7 Å². The molecule has 0 fully saturated rings. The molecular formula is C22H16ClFN2O4. The third-order valence-corrected chi connectivity index (χ3v) is 3.99. The van der Waals surface area contributed by atoms with Crippen LogP contribution in [0.4, 0.5) is 4.39 Å². The summed E-state index contributed by atoms with van der Waals surface area (Å²) >= 11 is 5.78. The van der Waals surface area contributed by atoms with Gasteiger partial charge in [0.25, 0.3) is 5.91 Å². The predicted octanol–water partition coefficient (Wildman–Crippen LogP) is 4.23. The molecule has 0 heterocycles. The highest BCUT2D eigenvalue weighted by Crippen LogP contribution is 2.16. The van der Waals surface area contributed by atoms with Crippen LogP contribution in [0, 0.1) is 5.82 Å². The smallest absolute Gasteiger partial charge is 0.343 e. The molecule has 0 saturated heterocycles. The first-order chi connectivity index (χ1) is 14.5. The Labute approximate surface area is 176 Å². The molecule has 30 heavy (non-hydrogen) atoms. The lowest BCUT2D eigenvalue weighted by atomic mass is 10.2. The Morgan fingerprint density at radius 1 is 1.00 bits per heavy atom. The van der Waals surface area contributed by atoms with Crippen LogP contribution in [0.3, 0.4) is 0 Å². The van der Waals surface area contributed by atoms with E-state index in [9.17, 15) is 14.0 Å². The SMILES string of the molecule is O=C(COc1ccc(Cl)cc1)NN=Cc1ccc(OC(=O)c2cccc(F)c2)cc1. The number of carbonyl (C=O) groups is 2. The van der Waals surface area contributed by atoms with Crippen molar-refractivity contribution in [1.82, 2.24) is 5.43 Å². The number of amides is 1. The number of ether oxygens (including phenoxy) is 2. The van der Waals surface area contributed by atoms with Gasteiger partial charge >= 0.3 is 5.97 Å². The molecule has 1 amide bonds. The van der Waals surface area contributed by atoms with Crippen LogP contribution < -0.4 is 14.9 Å². The van der Waals surface area contributed by atoms with Crippen molar-refractivity contribution in [1.29, 1.82) is 0 Å². The first-order valence-corrected chi connectivity index (χ1v) is 9.15. The maximum absolute atomic E-state index is 13.2. The summed E-state index contributed by atoms with van der Waals surface area (Å²) in [5.74, 6) is -0.800. The molecule has 0 saturated carbocycles. The third-order valence-electron chi connectivity index (χ3n) is 3.74. The molecule has 0 radical (unpaired) electrons. The summed E-state index contributed by atoms with van der Waals surface area (Å²) in [4.78, 5) is 23.7. The first-order valence-electron chi connectivity index (χ1n) is 8.78. The number of halogens is 2. The van der Waals surface area contributed by atoms with E-state index >= 15 is 0 Å².